The van der Waals surface area contributed by atoms with E-state index in [9.17, 15) is 4.79 Å². The van der Waals surface area contributed by atoms with Gasteiger partial charge in [-0.1, -0.05) is 0 Å². The first-order valence-electron chi connectivity index (χ1n) is 7.66. The van der Waals surface area contributed by atoms with Gasteiger partial charge in [-0.25, -0.2) is 0 Å². The van der Waals surface area contributed by atoms with Crippen LogP contribution in [0.2, 0.25) is 0 Å². The topological polar surface area (TPSA) is 58.6 Å². The van der Waals surface area contributed by atoms with Crippen molar-refractivity contribution in [2.45, 2.75) is 6.04 Å². The highest BCUT2D eigenvalue weighted by molar-refractivity contribution is 7.99. The number of hydrogen-bond acceptors (Lipinski definition) is 5. The van der Waals surface area contributed by atoms with Crippen molar-refractivity contribution in [1.82, 2.24) is 10.2 Å². The third kappa shape index (κ3) is 4.53. The molecule has 2 aromatic rings. The molecule has 0 aromatic carbocycles. The molecule has 1 fully saturated rings. The van der Waals surface area contributed by atoms with E-state index in [1.54, 1.807) is 30.9 Å². The fourth-order valence-corrected chi connectivity index (χ4v) is 3.51. The van der Waals surface area contributed by atoms with Gasteiger partial charge in [-0.3, -0.25) is 9.69 Å². The summed E-state index contributed by atoms with van der Waals surface area (Å²) in [6.45, 7) is 2.56. The van der Waals surface area contributed by atoms with Gasteiger partial charge in [-0.05, 0) is 24.3 Å². The molecule has 1 aliphatic heterocycles. The normalized spacial score (nSPS) is 17.4. The van der Waals surface area contributed by atoms with Gasteiger partial charge >= 0.3 is 0 Å². The van der Waals surface area contributed by atoms with E-state index >= 15 is 0 Å². The maximum atomic E-state index is 12.0. The van der Waals surface area contributed by atoms with E-state index in [2.05, 4.69) is 10.2 Å². The third-order valence-electron chi connectivity index (χ3n) is 3.80. The minimum Gasteiger partial charge on any atom is -0.472 e. The van der Waals surface area contributed by atoms with E-state index in [0.717, 1.165) is 35.9 Å². The summed E-state index contributed by atoms with van der Waals surface area (Å²) in [5, 5.41) is 2.97. The molecule has 0 saturated carbocycles. The Morgan fingerprint density at radius 2 is 2.22 bits per heavy atom. The minimum absolute atomic E-state index is 0.0807. The molecule has 0 unspecified atom stereocenters. The molecule has 1 atom stereocenters. The Kier molecular flexibility index (Phi) is 5.60. The summed E-state index contributed by atoms with van der Waals surface area (Å²) in [5.41, 5.74) is 0.871. The van der Waals surface area contributed by atoms with Crippen molar-refractivity contribution < 1.29 is 13.6 Å². The molecule has 3 heterocycles. The second-order valence-electron chi connectivity index (χ2n) is 5.31. The second kappa shape index (κ2) is 8.08. The summed E-state index contributed by atoms with van der Waals surface area (Å²) in [4.78, 5) is 14.4. The molecule has 5 nitrogen and oxygen atoms in total. The molecule has 3 rings (SSSR count). The molecule has 6 heteroatoms. The number of carbonyl (C=O) groups is 1. The third-order valence-corrected chi connectivity index (χ3v) is 4.74. The van der Waals surface area contributed by atoms with Crippen molar-refractivity contribution in [2.24, 2.45) is 0 Å². The van der Waals surface area contributed by atoms with Gasteiger partial charge in [-0.2, -0.15) is 11.8 Å². The van der Waals surface area contributed by atoms with Crippen LogP contribution in [0.15, 0.2) is 51.9 Å². The molecule has 122 valence electrons. The average Bonchev–Trinajstić information content (AvgIpc) is 3.28. The Balaban J connectivity index is 1.58. The fourth-order valence-electron chi connectivity index (χ4n) is 2.58. The molecular weight excluding hydrogens is 312 g/mol. The van der Waals surface area contributed by atoms with Crippen molar-refractivity contribution >= 4 is 23.7 Å². The smallest absolute Gasteiger partial charge is 0.244 e. The van der Waals surface area contributed by atoms with Gasteiger partial charge in [0.2, 0.25) is 5.91 Å². The van der Waals surface area contributed by atoms with Crippen LogP contribution in [0.1, 0.15) is 17.4 Å². The quantitative estimate of drug-likeness (QED) is 0.824. The number of rotatable bonds is 6. The molecule has 1 saturated heterocycles. The lowest BCUT2D eigenvalue weighted by atomic mass is 10.2. The molecule has 0 bridgehead atoms. The molecule has 0 spiro atoms. The lowest BCUT2D eigenvalue weighted by Crippen LogP contribution is -2.41. The summed E-state index contributed by atoms with van der Waals surface area (Å²) < 4.78 is 10.5. The van der Waals surface area contributed by atoms with Crippen LogP contribution in [0.5, 0.6) is 0 Å². The number of furan rings is 2. The van der Waals surface area contributed by atoms with Crippen molar-refractivity contribution in [1.29, 1.82) is 0 Å². The molecule has 1 aliphatic rings. The predicted molar refractivity (Wildman–Crippen MR) is 91.1 cm³/mol. The SMILES string of the molecule is O=C(/C=C/c1ccoc1)NC[C@H](c1ccco1)N1CCSCC1. The lowest BCUT2D eigenvalue weighted by molar-refractivity contribution is -0.116. The minimum atomic E-state index is -0.117. The van der Waals surface area contributed by atoms with Crippen LogP contribution in [-0.4, -0.2) is 41.9 Å². The van der Waals surface area contributed by atoms with E-state index in [1.807, 2.05) is 23.9 Å². The van der Waals surface area contributed by atoms with Gasteiger partial charge < -0.3 is 14.2 Å². The number of amides is 1. The van der Waals surface area contributed by atoms with E-state index < -0.39 is 0 Å². The Hall–Kier alpha value is -1.92. The zero-order valence-corrected chi connectivity index (χ0v) is 13.6. The number of nitrogens with one attached hydrogen (secondary N) is 1. The van der Waals surface area contributed by atoms with E-state index in [-0.39, 0.29) is 11.9 Å². The van der Waals surface area contributed by atoms with Crippen LogP contribution >= 0.6 is 11.8 Å². The first-order valence-corrected chi connectivity index (χ1v) is 8.82. The zero-order valence-electron chi connectivity index (χ0n) is 12.8. The van der Waals surface area contributed by atoms with Gasteiger partial charge in [0.1, 0.15) is 5.76 Å². The largest absolute Gasteiger partial charge is 0.472 e. The number of carbonyl (C=O) groups excluding carboxylic acids is 1. The standard InChI is InChI=1S/C17H20N2O3S/c20-17(4-3-14-5-9-21-13-14)18-12-15(16-2-1-8-22-16)19-6-10-23-11-7-19/h1-5,8-9,13,15H,6-7,10-12H2,(H,18,20)/b4-3+/t15-/m1/s1. The van der Waals surface area contributed by atoms with Crippen LogP contribution in [0.25, 0.3) is 6.08 Å². The lowest BCUT2D eigenvalue weighted by Gasteiger charge is -2.33. The Bertz CT molecular complexity index is 616. The summed E-state index contributed by atoms with van der Waals surface area (Å²) in [5.74, 6) is 3.02. The van der Waals surface area contributed by atoms with Crippen molar-refractivity contribution in [3.8, 4) is 0 Å². The highest BCUT2D eigenvalue weighted by Crippen LogP contribution is 2.24. The Morgan fingerprint density at radius 1 is 1.35 bits per heavy atom. The number of hydrogen-bond donors (Lipinski definition) is 1. The summed E-state index contributed by atoms with van der Waals surface area (Å²) >= 11 is 1.96. The van der Waals surface area contributed by atoms with Gasteiger partial charge in [0.25, 0.3) is 0 Å². The zero-order chi connectivity index (χ0) is 15.9. The average molecular weight is 332 g/mol. The van der Waals surface area contributed by atoms with E-state index in [4.69, 9.17) is 8.83 Å². The highest BCUT2D eigenvalue weighted by Gasteiger charge is 2.24. The first kappa shape index (κ1) is 16.0. The van der Waals surface area contributed by atoms with Crippen LogP contribution in [-0.2, 0) is 4.79 Å². The maximum Gasteiger partial charge on any atom is 0.244 e. The molecule has 23 heavy (non-hydrogen) atoms. The molecular formula is C17H20N2O3S. The maximum absolute atomic E-state index is 12.0. The second-order valence-corrected chi connectivity index (χ2v) is 6.54. The van der Waals surface area contributed by atoms with Crippen LogP contribution < -0.4 is 5.32 Å². The van der Waals surface area contributed by atoms with Gasteiger partial charge in [0.05, 0.1) is 24.8 Å². The molecule has 1 amide bonds. The molecule has 2 aromatic heterocycles. The van der Waals surface area contributed by atoms with Gasteiger partial charge in [0.15, 0.2) is 0 Å². The first-order chi connectivity index (χ1) is 11.3. The van der Waals surface area contributed by atoms with Gasteiger partial charge in [0, 0.05) is 42.8 Å². The summed E-state index contributed by atoms with van der Waals surface area (Å²) in [7, 11) is 0. The van der Waals surface area contributed by atoms with Crippen LogP contribution in [0.4, 0.5) is 0 Å². The van der Waals surface area contributed by atoms with E-state index in [1.165, 1.54) is 6.08 Å². The van der Waals surface area contributed by atoms with Crippen LogP contribution in [0.3, 0.4) is 0 Å². The summed E-state index contributed by atoms with van der Waals surface area (Å²) in [6, 6.07) is 5.75. The number of nitrogens with zero attached hydrogens (tertiary/aromatic N) is 1. The van der Waals surface area contributed by atoms with Crippen molar-refractivity contribution in [3.05, 3.63) is 54.4 Å². The summed E-state index contributed by atoms with van der Waals surface area (Å²) in [6.07, 6.45) is 8.12. The van der Waals surface area contributed by atoms with Gasteiger partial charge in [-0.15, -0.1) is 0 Å². The van der Waals surface area contributed by atoms with Crippen LogP contribution in [0, 0.1) is 0 Å². The van der Waals surface area contributed by atoms with E-state index in [0.29, 0.717) is 6.54 Å². The monoisotopic (exact) mass is 332 g/mol. The van der Waals surface area contributed by atoms with Crippen molar-refractivity contribution in [2.75, 3.05) is 31.1 Å². The molecule has 0 aliphatic carbocycles. The molecule has 1 N–H and O–H groups in total. The Labute approximate surface area is 139 Å². The van der Waals surface area contributed by atoms with Crippen molar-refractivity contribution in [3.63, 3.8) is 0 Å². The predicted octanol–water partition coefficient (Wildman–Crippen LogP) is 2.79. The fraction of sp³-hybridized carbons (Fsp3) is 0.353. The molecule has 0 radical (unpaired) electrons. The number of thioether (sulfide) groups is 1. The Morgan fingerprint density at radius 3 is 2.91 bits per heavy atom. The highest BCUT2D eigenvalue weighted by atomic mass is 32.2.